The average Bonchev–Trinajstić information content (AvgIpc) is 3.01. The molecule has 5 heteroatoms. The van der Waals surface area contributed by atoms with Crippen molar-refractivity contribution in [2.75, 3.05) is 56.2 Å². The van der Waals surface area contributed by atoms with E-state index in [-0.39, 0.29) is 5.82 Å². The molecule has 0 spiro atoms. The van der Waals surface area contributed by atoms with Gasteiger partial charge in [0.05, 0.1) is 11.4 Å². The Morgan fingerprint density at radius 2 is 1.93 bits per heavy atom. The van der Waals surface area contributed by atoms with Crippen LogP contribution in [-0.2, 0) is 0 Å². The maximum absolute atomic E-state index is 13.0. The molecule has 142 valence electrons. The van der Waals surface area contributed by atoms with Crippen molar-refractivity contribution in [2.45, 2.75) is 18.4 Å². The van der Waals surface area contributed by atoms with E-state index in [0.29, 0.717) is 18.6 Å². The number of nitrogens with zero attached hydrogens (tertiary/aromatic N) is 3. The number of ether oxygens (including phenoxy) is 1. The lowest BCUT2D eigenvalue weighted by atomic mass is 9.89. The minimum Gasteiger partial charge on any atom is -0.492 e. The van der Waals surface area contributed by atoms with Crippen molar-refractivity contribution in [3.05, 3.63) is 53.8 Å². The van der Waals surface area contributed by atoms with Crippen LogP contribution in [0.1, 0.15) is 17.9 Å². The highest BCUT2D eigenvalue weighted by Crippen LogP contribution is 2.50. The van der Waals surface area contributed by atoms with E-state index in [0.717, 1.165) is 38.5 Å². The molecule has 0 radical (unpaired) electrons. The number of benzene rings is 2. The van der Waals surface area contributed by atoms with E-state index < -0.39 is 0 Å². The SMILES string of the molecule is CN1CCN2c3c(cccc31)[C@@H]1CN(CCOc3ccc(F)cc3)CC[C@@H]12. The fourth-order valence-electron chi connectivity index (χ4n) is 5.00. The summed E-state index contributed by atoms with van der Waals surface area (Å²) in [6, 6.07) is 13.7. The molecule has 1 saturated heterocycles. The van der Waals surface area contributed by atoms with E-state index in [2.05, 4.69) is 39.9 Å². The predicted molar refractivity (Wildman–Crippen MR) is 107 cm³/mol. The van der Waals surface area contributed by atoms with Crippen molar-refractivity contribution in [2.24, 2.45) is 0 Å². The lowest BCUT2D eigenvalue weighted by Crippen LogP contribution is -2.49. The number of hydrogen-bond acceptors (Lipinski definition) is 4. The fourth-order valence-corrected chi connectivity index (χ4v) is 5.00. The van der Waals surface area contributed by atoms with Crippen molar-refractivity contribution >= 4 is 11.4 Å². The first-order chi connectivity index (χ1) is 13.2. The van der Waals surface area contributed by atoms with Crippen LogP contribution in [0.5, 0.6) is 5.75 Å². The summed E-state index contributed by atoms with van der Waals surface area (Å²) >= 11 is 0. The van der Waals surface area contributed by atoms with Crippen molar-refractivity contribution in [1.82, 2.24) is 4.90 Å². The van der Waals surface area contributed by atoms with Crippen LogP contribution in [0.15, 0.2) is 42.5 Å². The van der Waals surface area contributed by atoms with Crippen molar-refractivity contribution in [3.63, 3.8) is 0 Å². The largest absolute Gasteiger partial charge is 0.492 e. The molecule has 0 saturated carbocycles. The number of piperidine rings is 1. The van der Waals surface area contributed by atoms with Crippen molar-refractivity contribution in [3.8, 4) is 5.75 Å². The van der Waals surface area contributed by atoms with E-state index in [1.165, 1.54) is 35.5 Å². The van der Waals surface area contributed by atoms with Crippen LogP contribution in [0.3, 0.4) is 0 Å². The van der Waals surface area contributed by atoms with Gasteiger partial charge in [-0.15, -0.1) is 0 Å². The number of rotatable bonds is 4. The van der Waals surface area contributed by atoms with Gasteiger partial charge < -0.3 is 14.5 Å². The Kier molecular flexibility index (Phi) is 4.20. The van der Waals surface area contributed by atoms with Crippen LogP contribution in [0.4, 0.5) is 15.8 Å². The van der Waals surface area contributed by atoms with Crippen LogP contribution >= 0.6 is 0 Å². The standard InChI is InChI=1S/C22H26FN3O/c1-24-11-12-26-20-9-10-25(13-14-27-17-7-5-16(23)6-8-17)15-19(20)18-3-2-4-21(24)22(18)26/h2-8,19-20H,9-15H2,1H3/t19-,20-/m0/s1. The Bertz CT molecular complexity index is 825. The molecule has 0 amide bonds. The maximum Gasteiger partial charge on any atom is 0.123 e. The van der Waals surface area contributed by atoms with Crippen molar-refractivity contribution < 1.29 is 9.13 Å². The van der Waals surface area contributed by atoms with E-state index in [1.54, 1.807) is 12.1 Å². The van der Waals surface area contributed by atoms with E-state index in [4.69, 9.17) is 4.74 Å². The zero-order valence-corrected chi connectivity index (χ0v) is 15.8. The van der Waals surface area contributed by atoms with Gasteiger partial charge in [-0.1, -0.05) is 12.1 Å². The van der Waals surface area contributed by atoms with Gasteiger partial charge in [0, 0.05) is 51.7 Å². The van der Waals surface area contributed by atoms with Crippen LogP contribution in [-0.4, -0.2) is 57.3 Å². The number of likely N-dealkylation sites (N-methyl/N-ethyl adjacent to an activating group) is 1. The molecule has 3 heterocycles. The molecule has 2 aromatic rings. The summed E-state index contributed by atoms with van der Waals surface area (Å²) in [5, 5.41) is 0. The van der Waals surface area contributed by atoms with Gasteiger partial charge in [0.15, 0.2) is 0 Å². The molecule has 0 unspecified atom stereocenters. The zero-order valence-electron chi connectivity index (χ0n) is 15.8. The fraction of sp³-hybridized carbons (Fsp3) is 0.455. The summed E-state index contributed by atoms with van der Waals surface area (Å²) in [6.45, 7) is 6.00. The normalized spacial score (nSPS) is 23.9. The molecule has 0 aliphatic carbocycles. The molecule has 2 aromatic carbocycles. The van der Waals surface area contributed by atoms with Gasteiger partial charge in [-0.3, -0.25) is 4.90 Å². The lowest BCUT2D eigenvalue weighted by Gasteiger charge is -2.41. The third-order valence-electron chi connectivity index (χ3n) is 6.37. The van der Waals surface area contributed by atoms with Gasteiger partial charge >= 0.3 is 0 Å². The molecular weight excluding hydrogens is 341 g/mol. The molecule has 0 bridgehead atoms. The lowest BCUT2D eigenvalue weighted by molar-refractivity contribution is 0.161. The van der Waals surface area contributed by atoms with Crippen LogP contribution in [0.25, 0.3) is 0 Å². The summed E-state index contributed by atoms with van der Waals surface area (Å²) in [6.07, 6.45) is 1.21. The number of fused-ring (bicyclic) bond motifs is 3. The molecule has 0 N–H and O–H groups in total. The Morgan fingerprint density at radius 3 is 2.78 bits per heavy atom. The third-order valence-corrected chi connectivity index (χ3v) is 6.37. The number of halogens is 1. The summed E-state index contributed by atoms with van der Waals surface area (Å²) in [4.78, 5) is 7.58. The highest BCUT2D eigenvalue weighted by Gasteiger charge is 2.44. The summed E-state index contributed by atoms with van der Waals surface area (Å²) in [7, 11) is 2.20. The molecule has 3 aliphatic rings. The van der Waals surface area contributed by atoms with Gasteiger partial charge in [-0.2, -0.15) is 0 Å². The Balaban J connectivity index is 1.26. The second-order valence-electron chi connectivity index (χ2n) is 7.90. The summed E-state index contributed by atoms with van der Waals surface area (Å²) in [5.41, 5.74) is 4.39. The van der Waals surface area contributed by atoms with Gasteiger partial charge in [0.2, 0.25) is 0 Å². The number of anilines is 2. The molecule has 3 aliphatic heterocycles. The maximum atomic E-state index is 13.0. The van der Waals surface area contributed by atoms with Gasteiger partial charge in [0.1, 0.15) is 18.2 Å². The molecule has 4 nitrogen and oxygen atoms in total. The van der Waals surface area contributed by atoms with Gasteiger partial charge in [-0.05, 0) is 42.3 Å². The summed E-state index contributed by atoms with van der Waals surface area (Å²) in [5.74, 6) is 1.10. The van der Waals surface area contributed by atoms with E-state index in [9.17, 15) is 4.39 Å². The number of para-hydroxylation sites is 1. The minimum absolute atomic E-state index is 0.226. The summed E-state index contributed by atoms with van der Waals surface area (Å²) < 4.78 is 18.8. The number of hydrogen-bond donors (Lipinski definition) is 0. The molecule has 2 atom stereocenters. The Morgan fingerprint density at radius 1 is 1.07 bits per heavy atom. The van der Waals surface area contributed by atoms with E-state index in [1.807, 2.05) is 0 Å². The van der Waals surface area contributed by atoms with Crippen LogP contribution in [0.2, 0.25) is 0 Å². The topological polar surface area (TPSA) is 19.0 Å². The molecular formula is C22H26FN3O. The second-order valence-corrected chi connectivity index (χ2v) is 7.90. The van der Waals surface area contributed by atoms with Gasteiger partial charge in [-0.25, -0.2) is 4.39 Å². The highest BCUT2D eigenvalue weighted by atomic mass is 19.1. The smallest absolute Gasteiger partial charge is 0.123 e. The highest BCUT2D eigenvalue weighted by molar-refractivity contribution is 5.80. The molecule has 5 rings (SSSR count). The Hall–Kier alpha value is -2.27. The third kappa shape index (κ3) is 2.94. The van der Waals surface area contributed by atoms with Crippen molar-refractivity contribution in [1.29, 1.82) is 0 Å². The monoisotopic (exact) mass is 367 g/mol. The first kappa shape index (κ1) is 16.9. The predicted octanol–water partition coefficient (Wildman–Crippen LogP) is 3.33. The number of likely N-dealkylation sites (tertiary alicyclic amines) is 1. The zero-order chi connectivity index (χ0) is 18.4. The van der Waals surface area contributed by atoms with Crippen LogP contribution in [0, 0.1) is 5.82 Å². The minimum atomic E-state index is -0.226. The molecule has 27 heavy (non-hydrogen) atoms. The van der Waals surface area contributed by atoms with Gasteiger partial charge in [0.25, 0.3) is 0 Å². The molecule has 0 aromatic heterocycles. The average molecular weight is 367 g/mol. The molecule has 1 fully saturated rings. The van der Waals surface area contributed by atoms with Crippen LogP contribution < -0.4 is 14.5 Å². The second kappa shape index (κ2) is 6.71. The first-order valence-electron chi connectivity index (χ1n) is 9.92. The van der Waals surface area contributed by atoms with E-state index >= 15 is 0 Å². The first-order valence-corrected chi connectivity index (χ1v) is 9.92. The Labute approximate surface area is 160 Å². The quantitative estimate of drug-likeness (QED) is 0.825.